The Hall–Kier alpha value is -1.94. The zero-order chi connectivity index (χ0) is 79.0. The molecule has 108 heavy (non-hydrogen) atoms. The summed E-state index contributed by atoms with van der Waals surface area (Å²) in [7, 11) is -9.93. The third-order valence-corrected chi connectivity index (χ3v) is 23.3. The summed E-state index contributed by atoms with van der Waals surface area (Å²) in [6.07, 6.45) is 76.5. The molecule has 0 amide bonds. The minimum atomic E-state index is -4.97. The van der Waals surface area contributed by atoms with Crippen LogP contribution in [0.5, 0.6) is 0 Å². The largest absolute Gasteiger partial charge is 0.472 e. The van der Waals surface area contributed by atoms with E-state index in [2.05, 4.69) is 34.6 Å². The molecule has 0 aliphatic heterocycles. The smallest absolute Gasteiger partial charge is 0.462 e. The molecule has 0 aromatic carbocycles. The summed E-state index contributed by atoms with van der Waals surface area (Å²) in [5, 5.41) is 10.7. The summed E-state index contributed by atoms with van der Waals surface area (Å²) >= 11 is 0. The van der Waals surface area contributed by atoms with Crippen LogP contribution in [-0.2, 0) is 65.4 Å². The quantitative estimate of drug-likeness (QED) is 0.0222. The molecule has 3 N–H and O–H groups in total. The maximum Gasteiger partial charge on any atom is 0.472 e. The van der Waals surface area contributed by atoms with Crippen molar-refractivity contribution in [2.75, 3.05) is 39.6 Å². The fourth-order valence-corrected chi connectivity index (χ4v) is 15.5. The highest BCUT2D eigenvalue weighted by Crippen LogP contribution is 2.45. The second-order valence-electron chi connectivity index (χ2n) is 32.2. The van der Waals surface area contributed by atoms with Gasteiger partial charge in [0.1, 0.15) is 19.3 Å². The van der Waals surface area contributed by atoms with E-state index < -0.39 is 97.5 Å². The minimum absolute atomic E-state index is 0.109. The van der Waals surface area contributed by atoms with Gasteiger partial charge in [-0.05, 0) is 31.6 Å². The lowest BCUT2D eigenvalue weighted by Gasteiger charge is -2.21. The molecule has 6 atom stereocenters. The van der Waals surface area contributed by atoms with Crippen molar-refractivity contribution in [3.05, 3.63) is 0 Å². The van der Waals surface area contributed by atoms with Crippen LogP contribution < -0.4 is 0 Å². The fourth-order valence-electron chi connectivity index (χ4n) is 14.0. The van der Waals surface area contributed by atoms with Crippen LogP contribution in [0.4, 0.5) is 0 Å². The summed E-state index contributed by atoms with van der Waals surface area (Å²) in [4.78, 5) is 73.3. The summed E-state index contributed by atoms with van der Waals surface area (Å²) < 4.78 is 68.9. The van der Waals surface area contributed by atoms with E-state index in [1.165, 1.54) is 308 Å². The van der Waals surface area contributed by atoms with Crippen LogP contribution in [0.25, 0.3) is 0 Å². The van der Waals surface area contributed by atoms with E-state index in [0.29, 0.717) is 25.7 Å². The number of hydrogen-bond acceptors (Lipinski definition) is 15. The maximum absolute atomic E-state index is 13.2. The number of carbonyl (C=O) groups is 4. The van der Waals surface area contributed by atoms with Crippen LogP contribution >= 0.6 is 15.6 Å². The summed E-state index contributed by atoms with van der Waals surface area (Å²) in [6.45, 7) is 7.43. The van der Waals surface area contributed by atoms with Gasteiger partial charge in [0.25, 0.3) is 0 Å². The first-order chi connectivity index (χ1) is 52.6. The molecule has 0 aliphatic rings. The number of phosphoric ester groups is 2. The predicted octanol–water partition coefficient (Wildman–Crippen LogP) is 27.5. The van der Waals surface area contributed by atoms with E-state index >= 15 is 0 Å². The van der Waals surface area contributed by atoms with Gasteiger partial charge in [0, 0.05) is 25.7 Å². The Morgan fingerprint density at radius 2 is 0.444 bits per heavy atom. The van der Waals surface area contributed by atoms with Crippen LogP contribution in [-0.4, -0.2) is 96.7 Å². The number of phosphoric acid groups is 2. The molecule has 3 unspecified atom stereocenters. The molecule has 0 fully saturated rings. The van der Waals surface area contributed by atoms with Crippen LogP contribution in [0.1, 0.15) is 484 Å². The third-order valence-electron chi connectivity index (χ3n) is 21.4. The highest BCUT2D eigenvalue weighted by atomic mass is 31.2. The van der Waals surface area contributed by atoms with Gasteiger partial charge in [-0.1, -0.05) is 433 Å². The molecular formula is C89H174O17P2. The van der Waals surface area contributed by atoms with Gasteiger partial charge < -0.3 is 33.8 Å². The van der Waals surface area contributed by atoms with Gasteiger partial charge in [-0.2, -0.15) is 0 Å². The number of ether oxygens (including phenoxy) is 4. The first-order valence-electron chi connectivity index (χ1n) is 46.2. The average Bonchev–Trinajstić information content (AvgIpc) is 0.898. The van der Waals surface area contributed by atoms with Crippen LogP contribution in [0.2, 0.25) is 0 Å². The molecule has 0 rings (SSSR count). The number of esters is 4. The lowest BCUT2D eigenvalue weighted by atomic mass is 9.99. The van der Waals surface area contributed by atoms with Gasteiger partial charge in [0.2, 0.25) is 0 Å². The van der Waals surface area contributed by atoms with Crippen molar-refractivity contribution in [3.8, 4) is 0 Å². The van der Waals surface area contributed by atoms with Gasteiger partial charge in [0.05, 0.1) is 26.4 Å². The Morgan fingerprint density at radius 1 is 0.259 bits per heavy atom. The van der Waals surface area contributed by atoms with Crippen molar-refractivity contribution in [1.29, 1.82) is 0 Å². The number of carbonyl (C=O) groups excluding carboxylic acids is 4. The predicted molar refractivity (Wildman–Crippen MR) is 446 cm³/mol. The van der Waals surface area contributed by atoms with Gasteiger partial charge >= 0.3 is 39.5 Å². The van der Waals surface area contributed by atoms with Crippen LogP contribution in [0.3, 0.4) is 0 Å². The normalized spacial score (nSPS) is 14.0. The standard InChI is InChI=1S/C89H174O17P2/c1-6-10-13-16-19-22-24-26-28-30-31-32-37-40-44-48-53-58-63-68-73-87(92)100-79-85(106-89(94)75-70-65-60-55-50-46-42-38-34-33-36-39-43-47-52-56-61-66-71-82(5)9-4)81-104-108(97,98)102-77-83(90)76-101-107(95,96)103-80-84(78-99-86(91)72-67-62-57-51-21-18-15-12-8-3)105-88(93)74-69-64-59-54-49-45-41-35-29-27-25-23-20-17-14-11-7-2/h82-85,90H,6-81H2,1-5H3,(H,95,96)(H,97,98)/t82?,83-,84+,85+/m0/s1. The molecule has 0 aromatic rings. The molecule has 0 saturated carbocycles. The molecule has 0 heterocycles. The molecule has 0 aliphatic carbocycles. The van der Waals surface area contributed by atoms with Gasteiger partial charge in [0.15, 0.2) is 12.2 Å². The van der Waals surface area contributed by atoms with E-state index in [9.17, 15) is 43.2 Å². The van der Waals surface area contributed by atoms with E-state index in [0.717, 1.165) is 95.8 Å². The van der Waals surface area contributed by atoms with Crippen molar-refractivity contribution in [2.24, 2.45) is 5.92 Å². The monoisotopic (exact) mass is 1580 g/mol. The van der Waals surface area contributed by atoms with Crippen molar-refractivity contribution in [1.82, 2.24) is 0 Å². The molecule has 0 saturated heterocycles. The van der Waals surface area contributed by atoms with E-state index in [1.54, 1.807) is 0 Å². The van der Waals surface area contributed by atoms with E-state index in [1.807, 2.05) is 0 Å². The van der Waals surface area contributed by atoms with Gasteiger partial charge in [-0.25, -0.2) is 9.13 Å². The lowest BCUT2D eigenvalue weighted by Crippen LogP contribution is -2.30. The molecule has 0 bridgehead atoms. The molecule has 0 radical (unpaired) electrons. The topological polar surface area (TPSA) is 237 Å². The SMILES string of the molecule is CCCCCCCCCCCCCCCCCCCCCCC(=O)OC[C@H](COP(=O)(O)OC[C@@H](O)COP(=O)(O)OC[C@@H](COC(=O)CCCCCCCCCCC)OC(=O)CCCCCCCCCCCCCCCCCCC)OC(=O)CCCCCCCCCCCCCCCCCCCCC(C)CC. The second-order valence-corrected chi connectivity index (χ2v) is 35.1. The molecule has 642 valence electrons. The van der Waals surface area contributed by atoms with E-state index in [4.69, 9.17) is 37.0 Å². The minimum Gasteiger partial charge on any atom is -0.462 e. The van der Waals surface area contributed by atoms with Crippen molar-refractivity contribution >= 4 is 39.5 Å². The number of unbranched alkanes of at least 4 members (excludes halogenated alkanes) is 60. The third kappa shape index (κ3) is 80.7. The summed E-state index contributed by atoms with van der Waals surface area (Å²) in [5.41, 5.74) is 0. The molecular weight excluding hydrogens is 1400 g/mol. The second kappa shape index (κ2) is 81.6. The number of hydrogen-bond donors (Lipinski definition) is 3. The highest BCUT2D eigenvalue weighted by Gasteiger charge is 2.31. The number of aliphatic hydroxyl groups is 1. The first kappa shape index (κ1) is 106. The fraction of sp³-hybridized carbons (Fsp3) is 0.955. The first-order valence-corrected chi connectivity index (χ1v) is 49.2. The van der Waals surface area contributed by atoms with Crippen LogP contribution in [0.15, 0.2) is 0 Å². The molecule has 17 nitrogen and oxygen atoms in total. The Balaban J connectivity index is 5.20. The Morgan fingerprint density at radius 3 is 0.657 bits per heavy atom. The maximum atomic E-state index is 13.2. The zero-order valence-corrected chi connectivity index (χ0v) is 72.8. The Kier molecular flexibility index (Phi) is 80.2. The number of aliphatic hydroxyl groups excluding tert-OH is 1. The lowest BCUT2D eigenvalue weighted by molar-refractivity contribution is -0.161. The average molecular weight is 1580 g/mol. The Bertz CT molecular complexity index is 2050. The summed E-state index contributed by atoms with van der Waals surface area (Å²) in [6, 6.07) is 0. The molecule has 0 spiro atoms. The highest BCUT2D eigenvalue weighted by molar-refractivity contribution is 7.47. The van der Waals surface area contributed by atoms with Crippen LogP contribution in [0, 0.1) is 5.92 Å². The molecule has 0 aromatic heterocycles. The van der Waals surface area contributed by atoms with Gasteiger partial charge in [-0.15, -0.1) is 0 Å². The number of rotatable bonds is 89. The van der Waals surface area contributed by atoms with Gasteiger partial charge in [-0.3, -0.25) is 37.3 Å². The van der Waals surface area contributed by atoms with E-state index in [-0.39, 0.29) is 25.7 Å². The Labute approximate surface area is 664 Å². The zero-order valence-electron chi connectivity index (χ0n) is 71.0. The summed E-state index contributed by atoms with van der Waals surface area (Å²) in [5.74, 6) is -1.23. The van der Waals surface area contributed by atoms with Crippen molar-refractivity contribution in [3.63, 3.8) is 0 Å². The van der Waals surface area contributed by atoms with Crippen molar-refractivity contribution < 1.29 is 80.2 Å². The molecule has 19 heteroatoms. The van der Waals surface area contributed by atoms with Crippen molar-refractivity contribution in [2.45, 2.75) is 502 Å².